The molecule has 0 unspecified atom stereocenters. The summed E-state index contributed by atoms with van der Waals surface area (Å²) in [5, 5.41) is 0. The van der Waals surface area contributed by atoms with E-state index in [9.17, 15) is 4.79 Å². The molecule has 1 spiro atoms. The van der Waals surface area contributed by atoms with Crippen molar-refractivity contribution in [1.82, 2.24) is 19.8 Å². The average Bonchev–Trinajstić information content (AvgIpc) is 3.02. The highest BCUT2D eigenvalue weighted by molar-refractivity contribution is 5.73. The molecule has 1 atom stereocenters. The van der Waals surface area contributed by atoms with Crippen molar-refractivity contribution in [1.29, 1.82) is 0 Å². The monoisotopic (exact) mass is 306 g/mol. The first kappa shape index (κ1) is 15.5. The first-order chi connectivity index (χ1) is 10.6. The standard InChI is InChI=1S/C16H26N4O2/c1-13(21)19(2)14-3-10-22-16(11-14)4-8-20(9-5-16)12-15-17-6-7-18-15/h6-7,14H,3-5,8-12H2,1-2H3,(H,17,18)/t14-/m0/s1. The number of aromatic nitrogens is 2. The molecule has 1 amide bonds. The number of piperidine rings is 1. The second-order valence-corrected chi connectivity index (χ2v) is 6.62. The van der Waals surface area contributed by atoms with E-state index in [4.69, 9.17) is 4.74 Å². The van der Waals surface area contributed by atoms with Crippen LogP contribution < -0.4 is 0 Å². The molecule has 0 radical (unpaired) electrons. The molecule has 0 saturated carbocycles. The van der Waals surface area contributed by atoms with Crippen molar-refractivity contribution < 1.29 is 9.53 Å². The second-order valence-electron chi connectivity index (χ2n) is 6.62. The topological polar surface area (TPSA) is 61.5 Å². The number of likely N-dealkylation sites (tertiary alicyclic amines) is 1. The van der Waals surface area contributed by atoms with Crippen molar-refractivity contribution >= 4 is 5.91 Å². The zero-order chi connectivity index (χ0) is 15.6. The van der Waals surface area contributed by atoms with Gasteiger partial charge in [0, 0.05) is 52.1 Å². The summed E-state index contributed by atoms with van der Waals surface area (Å²) in [6.45, 7) is 5.34. The van der Waals surface area contributed by atoms with E-state index in [1.54, 1.807) is 13.1 Å². The molecule has 0 aromatic carbocycles. The number of aromatic amines is 1. The van der Waals surface area contributed by atoms with Gasteiger partial charge < -0.3 is 14.6 Å². The number of carbonyl (C=O) groups is 1. The van der Waals surface area contributed by atoms with Gasteiger partial charge in [-0.15, -0.1) is 0 Å². The molecule has 1 N–H and O–H groups in total. The highest BCUT2D eigenvalue weighted by atomic mass is 16.5. The van der Waals surface area contributed by atoms with E-state index in [0.717, 1.165) is 57.7 Å². The van der Waals surface area contributed by atoms with Crippen LogP contribution >= 0.6 is 0 Å². The number of H-pyrrole nitrogens is 1. The van der Waals surface area contributed by atoms with Crippen LogP contribution in [0.5, 0.6) is 0 Å². The number of hydrogen-bond donors (Lipinski definition) is 1. The van der Waals surface area contributed by atoms with Crippen molar-refractivity contribution in [2.75, 3.05) is 26.7 Å². The van der Waals surface area contributed by atoms with Crippen molar-refractivity contribution in [2.45, 2.75) is 50.8 Å². The molecule has 2 aliphatic heterocycles. The highest BCUT2D eigenvalue weighted by Gasteiger charge is 2.41. The lowest BCUT2D eigenvalue weighted by Gasteiger charge is -2.47. The van der Waals surface area contributed by atoms with Gasteiger partial charge in [0.05, 0.1) is 12.1 Å². The molecule has 0 bridgehead atoms. The fourth-order valence-corrected chi connectivity index (χ4v) is 3.65. The van der Waals surface area contributed by atoms with Gasteiger partial charge in [0.15, 0.2) is 0 Å². The summed E-state index contributed by atoms with van der Waals surface area (Å²) in [6, 6.07) is 0.322. The van der Waals surface area contributed by atoms with Gasteiger partial charge in [-0.1, -0.05) is 0 Å². The molecule has 6 heteroatoms. The van der Waals surface area contributed by atoms with E-state index in [0.29, 0.717) is 6.04 Å². The predicted octanol–water partition coefficient (Wildman–Crippen LogP) is 1.40. The normalized spacial score (nSPS) is 25.3. The Balaban J connectivity index is 1.56. The maximum absolute atomic E-state index is 11.6. The van der Waals surface area contributed by atoms with E-state index in [1.165, 1.54) is 0 Å². The molecule has 2 aliphatic rings. The summed E-state index contributed by atoms with van der Waals surface area (Å²) in [5.74, 6) is 1.17. The van der Waals surface area contributed by atoms with E-state index in [1.807, 2.05) is 18.1 Å². The van der Waals surface area contributed by atoms with Crippen LogP contribution in [0, 0.1) is 0 Å². The summed E-state index contributed by atoms with van der Waals surface area (Å²) >= 11 is 0. The van der Waals surface area contributed by atoms with E-state index >= 15 is 0 Å². The van der Waals surface area contributed by atoms with Crippen LogP contribution in [0.2, 0.25) is 0 Å². The number of nitrogens with zero attached hydrogens (tertiary/aromatic N) is 3. The van der Waals surface area contributed by atoms with Gasteiger partial charge in [-0.05, 0) is 25.7 Å². The molecule has 3 heterocycles. The van der Waals surface area contributed by atoms with Gasteiger partial charge in [-0.25, -0.2) is 4.98 Å². The van der Waals surface area contributed by atoms with Crippen LogP contribution in [-0.4, -0.2) is 64.1 Å². The van der Waals surface area contributed by atoms with Crippen molar-refractivity contribution in [3.8, 4) is 0 Å². The van der Waals surface area contributed by atoms with E-state index < -0.39 is 0 Å². The van der Waals surface area contributed by atoms with Gasteiger partial charge in [0.25, 0.3) is 0 Å². The lowest BCUT2D eigenvalue weighted by Crippen LogP contribution is -2.53. The Bertz CT molecular complexity index is 494. The molecule has 2 saturated heterocycles. The Morgan fingerprint density at radius 1 is 1.55 bits per heavy atom. The molecular weight excluding hydrogens is 280 g/mol. The molecule has 3 rings (SSSR count). The Morgan fingerprint density at radius 3 is 2.95 bits per heavy atom. The zero-order valence-electron chi connectivity index (χ0n) is 13.5. The third-order valence-electron chi connectivity index (χ3n) is 5.21. The first-order valence-corrected chi connectivity index (χ1v) is 8.16. The number of imidazole rings is 1. The molecule has 1 aromatic rings. The van der Waals surface area contributed by atoms with Crippen LogP contribution in [0.15, 0.2) is 12.4 Å². The van der Waals surface area contributed by atoms with Crippen molar-refractivity contribution in [2.24, 2.45) is 0 Å². The van der Waals surface area contributed by atoms with Crippen molar-refractivity contribution in [3.05, 3.63) is 18.2 Å². The van der Waals surface area contributed by atoms with Crippen LogP contribution in [0.4, 0.5) is 0 Å². The molecule has 22 heavy (non-hydrogen) atoms. The molecule has 2 fully saturated rings. The second kappa shape index (κ2) is 6.38. The predicted molar refractivity (Wildman–Crippen MR) is 83.2 cm³/mol. The SMILES string of the molecule is CC(=O)N(C)[C@H]1CCOC2(CCN(Cc3ncc[nH]3)CC2)C1. The van der Waals surface area contributed by atoms with Crippen LogP contribution in [0.1, 0.15) is 38.4 Å². The minimum Gasteiger partial charge on any atom is -0.375 e. The Morgan fingerprint density at radius 2 is 2.32 bits per heavy atom. The number of amides is 1. The lowest BCUT2D eigenvalue weighted by molar-refractivity contribution is -0.147. The van der Waals surface area contributed by atoms with Gasteiger partial charge in [-0.3, -0.25) is 9.69 Å². The maximum atomic E-state index is 11.6. The van der Waals surface area contributed by atoms with Gasteiger partial charge in [0.1, 0.15) is 5.82 Å². The summed E-state index contributed by atoms with van der Waals surface area (Å²) in [4.78, 5) is 23.4. The van der Waals surface area contributed by atoms with Gasteiger partial charge in [0.2, 0.25) is 5.91 Å². The minimum absolute atomic E-state index is 0.0354. The number of rotatable bonds is 3. The quantitative estimate of drug-likeness (QED) is 0.917. The lowest BCUT2D eigenvalue weighted by atomic mass is 9.82. The molecule has 6 nitrogen and oxygen atoms in total. The first-order valence-electron chi connectivity index (χ1n) is 8.16. The number of nitrogens with one attached hydrogen (secondary N) is 1. The van der Waals surface area contributed by atoms with Crippen LogP contribution in [0.25, 0.3) is 0 Å². The Labute approximate surface area is 131 Å². The largest absolute Gasteiger partial charge is 0.375 e. The summed E-state index contributed by atoms with van der Waals surface area (Å²) in [5.41, 5.74) is -0.0354. The summed E-state index contributed by atoms with van der Waals surface area (Å²) in [6.07, 6.45) is 7.66. The van der Waals surface area contributed by atoms with E-state index in [-0.39, 0.29) is 11.5 Å². The third kappa shape index (κ3) is 3.33. The van der Waals surface area contributed by atoms with Gasteiger partial charge >= 0.3 is 0 Å². The Kier molecular flexibility index (Phi) is 4.49. The van der Waals surface area contributed by atoms with Gasteiger partial charge in [-0.2, -0.15) is 0 Å². The highest BCUT2D eigenvalue weighted by Crippen LogP contribution is 2.36. The van der Waals surface area contributed by atoms with Crippen LogP contribution in [0.3, 0.4) is 0 Å². The van der Waals surface area contributed by atoms with Crippen molar-refractivity contribution in [3.63, 3.8) is 0 Å². The average molecular weight is 306 g/mol. The fourth-order valence-electron chi connectivity index (χ4n) is 3.65. The number of carbonyl (C=O) groups excluding carboxylic acids is 1. The summed E-state index contributed by atoms with van der Waals surface area (Å²) in [7, 11) is 1.91. The minimum atomic E-state index is -0.0354. The number of ether oxygens (including phenoxy) is 1. The molecule has 0 aliphatic carbocycles. The molecular formula is C16H26N4O2. The smallest absolute Gasteiger partial charge is 0.219 e. The Hall–Kier alpha value is -1.40. The third-order valence-corrected chi connectivity index (χ3v) is 5.21. The number of hydrogen-bond acceptors (Lipinski definition) is 4. The zero-order valence-corrected chi connectivity index (χ0v) is 13.5. The molecule has 1 aromatic heterocycles. The maximum Gasteiger partial charge on any atom is 0.219 e. The van der Waals surface area contributed by atoms with E-state index in [2.05, 4.69) is 14.9 Å². The van der Waals surface area contributed by atoms with Crippen LogP contribution in [-0.2, 0) is 16.1 Å². The summed E-state index contributed by atoms with van der Waals surface area (Å²) < 4.78 is 6.16. The fraction of sp³-hybridized carbons (Fsp3) is 0.750. The molecule has 122 valence electrons.